The second-order valence-corrected chi connectivity index (χ2v) is 2.96. The van der Waals surface area contributed by atoms with E-state index < -0.39 is 11.9 Å². The Morgan fingerprint density at radius 1 is 1.44 bits per heavy atom. The van der Waals surface area contributed by atoms with Gasteiger partial charge < -0.3 is 13.9 Å². The highest BCUT2D eigenvalue weighted by Gasteiger charge is 2.08. The number of ether oxygens (including phenoxy) is 2. The van der Waals surface area contributed by atoms with Crippen molar-refractivity contribution in [2.24, 2.45) is 0 Å². The number of carbonyl (C=O) groups excluding carboxylic acids is 2. The van der Waals surface area contributed by atoms with Gasteiger partial charge in [-0.05, 0) is 18.2 Å². The fourth-order valence-electron chi connectivity index (χ4n) is 0.971. The molecule has 0 saturated heterocycles. The second kappa shape index (κ2) is 5.75. The SMILES string of the molecule is C=Cc1ccc(CC(=O)OCOC(C)=O)o1. The predicted octanol–water partition coefficient (Wildman–Crippen LogP) is 1.53. The number of hydrogen-bond acceptors (Lipinski definition) is 5. The molecule has 0 aliphatic carbocycles. The molecule has 0 saturated carbocycles. The highest BCUT2D eigenvalue weighted by atomic mass is 16.7. The largest absolute Gasteiger partial charge is 0.461 e. The quantitative estimate of drug-likeness (QED) is 0.560. The minimum atomic E-state index is -0.522. The van der Waals surface area contributed by atoms with Crippen LogP contribution >= 0.6 is 0 Å². The van der Waals surface area contributed by atoms with Gasteiger partial charge in [0, 0.05) is 6.92 Å². The first-order valence-corrected chi connectivity index (χ1v) is 4.62. The molecule has 0 spiro atoms. The van der Waals surface area contributed by atoms with Crippen molar-refractivity contribution < 1.29 is 23.5 Å². The molecule has 1 aromatic rings. The minimum absolute atomic E-state index is 0.00486. The van der Waals surface area contributed by atoms with Crippen LogP contribution in [0.25, 0.3) is 6.08 Å². The summed E-state index contributed by atoms with van der Waals surface area (Å²) in [5.74, 6) is 0.0384. The molecule has 0 amide bonds. The summed E-state index contributed by atoms with van der Waals surface area (Å²) in [6, 6.07) is 3.35. The predicted molar refractivity (Wildman–Crippen MR) is 55.2 cm³/mol. The Morgan fingerprint density at radius 2 is 2.19 bits per heavy atom. The lowest BCUT2D eigenvalue weighted by Crippen LogP contribution is -2.12. The zero-order valence-electron chi connectivity index (χ0n) is 8.89. The highest BCUT2D eigenvalue weighted by molar-refractivity contribution is 5.72. The summed E-state index contributed by atoms with van der Waals surface area (Å²) in [5, 5.41) is 0. The van der Waals surface area contributed by atoms with Crippen LogP contribution in [0.15, 0.2) is 23.1 Å². The Balaban J connectivity index is 2.33. The van der Waals surface area contributed by atoms with Crippen molar-refractivity contribution in [3.8, 4) is 0 Å². The third kappa shape index (κ3) is 4.00. The van der Waals surface area contributed by atoms with E-state index >= 15 is 0 Å². The first-order chi connectivity index (χ1) is 7.61. The van der Waals surface area contributed by atoms with Crippen molar-refractivity contribution in [2.75, 3.05) is 6.79 Å². The van der Waals surface area contributed by atoms with Crippen LogP contribution < -0.4 is 0 Å². The Morgan fingerprint density at radius 3 is 2.75 bits per heavy atom. The van der Waals surface area contributed by atoms with Crippen LogP contribution in [-0.2, 0) is 25.5 Å². The smallest absolute Gasteiger partial charge is 0.316 e. The molecule has 0 radical (unpaired) electrons. The Bertz CT molecular complexity index is 391. The number of furan rings is 1. The van der Waals surface area contributed by atoms with E-state index in [4.69, 9.17) is 4.42 Å². The fraction of sp³-hybridized carbons (Fsp3) is 0.273. The van der Waals surface area contributed by atoms with Crippen molar-refractivity contribution >= 4 is 18.0 Å². The number of rotatable bonds is 5. The molecule has 5 nitrogen and oxygen atoms in total. The van der Waals surface area contributed by atoms with E-state index in [2.05, 4.69) is 16.1 Å². The summed E-state index contributed by atoms with van der Waals surface area (Å²) in [5.41, 5.74) is 0. The van der Waals surface area contributed by atoms with Gasteiger partial charge in [-0.1, -0.05) is 6.58 Å². The number of carbonyl (C=O) groups is 2. The molecule has 1 aromatic heterocycles. The minimum Gasteiger partial charge on any atom is -0.461 e. The molecule has 5 heteroatoms. The van der Waals surface area contributed by atoms with Gasteiger partial charge in [-0.25, -0.2) is 0 Å². The van der Waals surface area contributed by atoms with E-state index in [-0.39, 0.29) is 13.2 Å². The van der Waals surface area contributed by atoms with Crippen molar-refractivity contribution in [3.05, 3.63) is 30.2 Å². The summed E-state index contributed by atoms with van der Waals surface area (Å²) >= 11 is 0. The molecule has 0 atom stereocenters. The van der Waals surface area contributed by atoms with E-state index in [9.17, 15) is 9.59 Å². The van der Waals surface area contributed by atoms with E-state index in [1.165, 1.54) is 13.0 Å². The Kier molecular flexibility index (Phi) is 4.32. The van der Waals surface area contributed by atoms with Gasteiger partial charge in [-0.2, -0.15) is 0 Å². The molecular weight excluding hydrogens is 212 g/mol. The van der Waals surface area contributed by atoms with Crippen molar-refractivity contribution in [3.63, 3.8) is 0 Å². The van der Waals surface area contributed by atoms with Crippen LogP contribution in [0.4, 0.5) is 0 Å². The average Bonchev–Trinajstić information content (AvgIpc) is 2.65. The molecule has 0 aliphatic heterocycles. The Hall–Kier alpha value is -2.04. The van der Waals surface area contributed by atoms with Crippen molar-refractivity contribution in [2.45, 2.75) is 13.3 Å². The van der Waals surface area contributed by atoms with Gasteiger partial charge in [-0.15, -0.1) is 0 Å². The maximum atomic E-state index is 11.2. The van der Waals surface area contributed by atoms with Crippen molar-refractivity contribution in [1.29, 1.82) is 0 Å². The third-order valence-corrected chi connectivity index (χ3v) is 1.68. The van der Waals surface area contributed by atoms with Gasteiger partial charge in [0.05, 0.1) is 0 Å². The summed E-state index contributed by atoms with van der Waals surface area (Å²) in [6.45, 7) is 4.39. The van der Waals surface area contributed by atoms with E-state index in [1.807, 2.05) is 0 Å². The zero-order valence-corrected chi connectivity index (χ0v) is 8.89. The maximum absolute atomic E-state index is 11.2. The molecule has 0 fully saturated rings. The molecule has 1 rings (SSSR count). The van der Waals surface area contributed by atoms with Crippen molar-refractivity contribution in [1.82, 2.24) is 0 Å². The topological polar surface area (TPSA) is 65.7 Å². The normalized spacial score (nSPS) is 9.56. The highest BCUT2D eigenvalue weighted by Crippen LogP contribution is 2.09. The van der Waals surface area contributed by atoms with Crippen LogP contribution in [-0.4, -0.2) is 18.7 Å². The molecule has 0 bridgehead atoms. The van der Waals surface area contributed by atoms with E-state index in [0.29, 0.717) is 11.5 Å². The molecule has 0 N–H and O–H groups in total. The van der Waals surface area contributed by atoms with Gasteiger partial charge in [-0.3, -0.25) is 9.59 Å². The number of esters is 2. The van der Waals surface area contributed by atoms with Crippen LogP contribution in [0.1, 0.15) is 18.4 Å². The van der Waals surface area contributed by atoms with Gasteiger partial charge in [0.25, 0.3) is 0 Å². The molecule has 0 unspecified atom stereocenters. The Labute approximate surface area is 92.6 Å². The second-order valence-electron chi connectivity index (χ2n) is 2.96. The molecule has 16 heavy (non-hydrogen) atoms. The molecule has 0 aliphatic rings. The fourth-order valence-corrected chi connectivity index (χ4v) is 0.971. The monoisotopic (exact) mass is 224 g/mol. The summed E-state index contributed by atoms with van der Waals surface area (Å²) in [6.07, 6.45) is 1.53. The molecule has 86 valence electrons. The maximum Gasteiger partial charge on any atom is 0.316 e. The molecule has 0 aromatic carbocycles. The van der Waals surface area contributed by atoms with Gasteiger partial charge in [0.15, 0.2) is 0 Å². The first-order valence-electron chi connectivity index (χ1n) is 4.62. The summed E-state index contributed by atoms with van der Waals surface area (Å²) in [4.78, 5) is 21.6. The van der Waals surface area contributed by atoms with Gasteiger partial charge in [0.1, 0.15) is 17.9 Å². The lowest BCUT2D eigenvalue weighted by Gasteiger charge is -2.02. The lowest BCUT2D eigenvalue weighted by atomic mass is 10.3. The third-order valence-electron chi connectivity index (χ3n) is 1.68. The van der Waals surface area contributed by atoms with Crippen LogP contribution in [0.5, 0.6) is 0 Å². The summed E-state index contributed by atoms with van der Waals surface area (Å²) in [7, 11) is 0. The average molecular weight is 224 g/mol. The first kappa shape index (κ1) is 12.0. The van der Waals surface area contributed by atoms with Crippen LogP contribution in [0.2, 0.25) is 0 Å². The van der Waals surface area contributed by atoms with Gasteiger partial charge >= 0.3 is 11.9 Å². The molecular formula is C11H12O5. The zero-order chi connectivity index (χ0) is 12.0. The van der Waals surface area contributed by atoms with E-state index in [0.717, 1.165) is 0 Å². The standard InChI is InChI=1S/C11H12O5/c1-3-9-4-5-10(16-9)6-11(13)15-7-14-8(2)12/h3-5H,1,6-7H2,2H3. The number of hydrogen-bond donors (Lipinski definition) is 0. The van der Waals surface area contributed by atoms with E-state index in [1.54, 1.807) is 12.1 Å². The van der Waals surface area contributed by atoms with Gasteiger partial charge in [0.2, 0.25) is 6.79 Å². The van der Waals surface area contributed by atoms with Crippen LogP contribution in [0.3, 0.4) is 0 Å². The van der Waals surface area contributed by atoms with Crippen LogP contribution in [0, 0.1) is 0 Å². The molecule has 1 heterocycles. The summed E-state index contributed by atoms with van der Waals surface area (Å²) < 4.78 is 14.3. The lowest BCUT2D eigenvalue weighted by molar-refractivity contribution is -0.165.